The van der Waals surface area contributed by atoms with Crippen LogP contribution in [0, 0.1) is 0 Å². The Morgan fingerprint density at radius 2 is 1.92 bits per heavy atom. The number of carbonyl (C=O) groups excluding carboxylic acids is 1. The molecule has 0 aliphatic rings. The summed E-state index contributed by atoms with van der Waals surface area (Å²) in [6, 6.07) is 1.69. The van der Waals surface area contributed by atoms with E-state index >= 15 is 0 Å². The van der Waals surface area contributed by atoms with E-state index in [0.29, 0.717) is 13.1 Å². The van der Waals surface area contributed by atoms with Crippen LogP contribution in [-0.2, 0) is 16.0 Å². The third kappa shape index (κ3) is 4.45. The largest absolute Gasteiger partial charge is 0.468 e. The van der Waals surface area contributed by atoms with Crippen molar-refractivity contribution in [3.8, 4) is 0 Å². The van der Waals surface area contributed by atoms with E-state index in [2.05, 4.69) is 4.74 Å². The topological polar surface area (TPSA) is 43.4 Å². The van der Waals surface area contributed by atoms with Gasteiger partial charge in [-0.15, -0.1) is 0 Å². The third-order valence-corrected chi connectivity index (χ3v) is 2.06. The average molecular weight is 182 g/mol. The van der Waals surface area contributed by atoms with Crippen LogP contribution in [0.2, 0.25) is 0 Å². The van der Waals surface area contributed by atoms with Crippen molar-refractivity contribution < 1.29 is 9.53 Å². The molecular weight excluding hydrogens is 168 g/mol. The molecule has 0 fully saturated rings. The fourth-order valence-corrected chi connectivity index (χ4v) is 1.22. The minimum atomic E-state index is 0.226. The lowest BCUT2D eigenvalue weighted by Gasteiger charge is -1.98. The molecule has 3 nitrogen and oxygen atoms in total. The summed E-state index contributed by atoms with van der Waals surface area (Å²) in [5, 5.41) is 0. The summed E-state index contributed by atoms with van der Waals surface area (Å²) >= 11 is 0. The number of rotatable bonds is 8. The Morgan fingerprint density at radius 1 is 1.23 bits per heavy atom. The first-order valence-corrected chi connectivity index (χ1v) is 4.65. The number of hydrogen-bond donors (Lipinski definition) is 0. The van der Waals surface area contributed by atoms with E-state index in [1.54, 1.807) is 6.07 Å². The van der Waals surface area contributed by atoms with Gasteiger partial charge in [-0.05, 0) is 25.3 Å². The zero-order chi connectivity index (χ0) is 9.52. The first-order valence-electron chi connectivity index (χ1n) is 4.65. The summed E-state index contributed by atoms with van der Waals surface area (Å²) in [6.07, 6.45) is 5.08. The van der Waals surface area contributed by atoms with Crippen molar-refractivity contribution in [2.75, 3.05) is 6.61 Å². The molecule has 0 N–H and O–H groups in total. The first-order chi connectivity index (χ1) is 6.34. The second-order valence-corrected chi connectivity index (χ2v) is 3.17. The fourth-order valence-electron chi connectivity index (χ4n) is 1.22. The summed E-state index contributed by atoms with van der Waals surface area (Å²) in [7, 11) is 0. The second kappa shape index (κ2) is 5.51. The molecule has 0 spiro atoms. The molecule has 72 valence electrons. The van der Waals surface area contributed by atoms with Crippen molar-refractivity contribution >= 4 is 6.47 Å². The molecule has 0 radical (unpaired) electrons. The molecule has 1 aromatic rings. The Morgan fingerprint density at radius 3 is 2.54 bits per heavy atom. The Labute approximate surface area is 77.4 Å². The first kappa shape index (κ1) is 9.96. The van der Waals surface area contributed by atoms with Crippen LogP contribution in [0.5, 0.6) is 0 Å². The summed E-state index contributed by atoms with van der Waals surface area (Å²) in [5.74, 6) is 0. The molecule has 0 aliphatic heterocycles. The highest BCUT2D eigenvalue weighted by Gasteiger charge is 2.05. The van der Waals surface area contributed by atoms with Gasteiger partial charge in [0.1, 0.15) is 0 Å². The number of aryl methyl sites for hydroxylation is 1. The minimum absolute atomic E-state index is 0.226. The van der Waals surface area contributed by atoms with Crippen LogP contribution >= 0.6 is 0 Å². The van der Waals surface area contributed by atoms with Crippen LogP contribution in [0.1, 0.15) is 31.2 Å². The van der Waals surface area contributed by atoms with Gasteiger partial charge in [0, 0.05) is 5.56 Å². The molecule has 13 heavy (non-hydrogen) atoms. The number of ether oxygens (including phenoxy) is 1. The maximum atomic E-state index is 10.5. The molecule has 1 rings (SSSR count). The van der Waals surface area contributed by atoms with Gasteiger partial charge in [0.2, 0.25) is 0 Å². The van der Waals surface area contributed by atoms with E-state index in [0.717, 1.165) is 37.7 Å². The van der Waals surface area contributed by atoms with Crippen molar-refractivity contribution in [2.24, 2.45) is 0 Å². The lowest BCUT2D eigenvalue weighted by Crippen LogP contribution is -1.91. The SMILES string of the molecule is O=COCCCCCCc1cc1=O. The summed E-state index contributed by atoms with van der Waals surface area (Å²) in [5.41, 5.74) is 1.22. The van der Waals surface area contributed by atoms with Crippen LogP contribution in [-0.4, -0.2) is 13.1 Å². The van der Waals surface area contributed by atoms with Gasteiger partial charge in [-0.3, -0.25) is 9.59 Å². The predicted octanol–water partition coefficient (Wildman–Crippen LogP) is 1.20. The zero-order valence-electron chi connectivity index (χ0n) is 7.62. The second-order valence-electron chi connectivity index (χ2n) is 3.17. The smallest absolute Gasteiger partial charge is 0.293 e. The Kier molecular flexibility index (Phi) is 4.23. The quantitative estimate of drug-likeness (QED) is 0.448. The molecule has 0 bridgehead atoms. The normalized spacial score (nSPS) is 10.5. The molecule has 3 heteroatoms. The molecule has 0 saturated heterocycles. The van der Waals surface area contributed by atoms with Gasteiger partial charge in [0.05, 0.1) is 6.61 Å². The van der Waals surface area contributed by atoms with Gasteiger partial charge in [0.15, 0.2) is 5.43 Å². The van der Waals surface area contributed by atoms with Crippen LogP contribution in [0.25, 0.3) is 0 Å². The van der Waals surface area contributed by atoms with Crippen LogP contribution in [0.3, 0.4) is 0 Å². The molecule has 0 amide bonds. The Balaban J connectivity index is 1.79. The lowest BCUT2D eigenvalue weighted by atomic mass is 10.1. The zero-order valence-corrected chi connectivity index (χ0v) is 7.62. The molecule has 1 aromatic carbocycles. The maximum Gasteiger partial charge on any atom is 0.293 e. The minimum Gasteiger partial charge on any atom is -0.468 e. The highest BCUT2D eigenvalue weighted by molar-refractivity contribution is 5.36. The van der Waals surface area contributed by atoms with Crippen molar-refractivity contribution in [1.29, 1.82) is 0 Å². The van der Waals surface area contributed by atoms with E-state index in [9.17, 15) is 9.59 Å². The van der Waals surface area contributed by atoms with E-state index in [4.69, 9.17) is 0 Å². The number of carbonyl (C=O) groups is 1. The van der Waals surface area contributed by atoms with Crippen LogP contribution in [0.15, 0.2) is 10.9 Å². The summed E-state index contributed by atoms with van der Waals surface area (Å²) < 4.78 is 4.54. The molecule has 0 aromatic heterocycles. The van der Waals surface area contributed by atoms with Gasteiger partial charge in [-0.1, -0.05) is 12.8 Å². The fraction of sp³-hybridized carbons (Fsp3) is 0.600. The van der Waals surface area contributed by atoms with Crippen LogP contribution < -0.4 is 5.43 Å². The molecule has 0 atom stereocenters. The highest BCUT2D eigenvalue weighted by Crippen LogP contribution is 2.06. The predicted molar refractivity (Wildman–Crippen MR) is 49.3 cm³/mol. The third-order valence-electron chi connectivity index (χ3n) is 2.06. The van der Waals surface area contributed by atoms with Crippen LogP contribution in [0.4, 0.5) is 0 Å². The molecule has 0 unspecified atom stereocenters. The highest BCUT2D eigenvalue weighted by atomic mass is 16.5. The van der Waals surface area contributed by atoms with E-state index in [1.165, 1.54) is 0 Å². The van der Waals surface area contributed by atoms with Crippen molar-refractivity contribution in [3.63, 3.8) is 0 Å². The average Bonchev–Trinajstić information content (AvgIpc) is 2.81. The van der Waals surface area contributed by atoms with Gasteiger partial charge >= 0.3 is 0 Å². The van der Waals surface area contributed by atoms with Crippen molar-refractivity contribution in [1.82, 2.24) is 0 Å². The van der Waals surface area contributed by atoms with Gasteiger partial charge in [-0.2, -0.15) is 0 Å². The van der Waals surface area contributed by atoms with Gasteiger partial charge in [0.25, 0.3) is 6.47 Å². The van der Waals surface area contributed by atoms with E-state index in [1.807, 2.05) is 0 Å². The maximum absolute atomic E-state index is 10.5. The molecule has 0 aliphatic carbocycles. The molecular formula is C10H14O3. The Hall–Kier alpha value is -1.12. The van der Waals surface area contributed by atoms with Crippen molar-refractivity contribution in [2.45, 2.75) is 32.1 Å². The number of hydrogen-bond acceptors (Lipinski definition) is 3. The van der Waals surface area contributed by atoms with Crippen molar-refractivity contribution in [3.05, 3.63) is 21.9 Å². The summed E-state index contributed by atoms with van der Waals surface area (Å²) in [6.45, 7) is 0.999. The lowest BCUT2D eigenvalue weighted by molar-refractivity contribution is -0.128. The molecule has 0 heterocycles. The van der Waals surface area contributed by atoms with E-state index < -0.39 is 0 Å². The van der Waals surface area contributed by atoms with E-state index in [-0.39, 0.29) is 5.43 Å². The van der Waals surface area contributed by atoms with Gasteiger partial charge in [-0.25, -0.2) is 0 Å². The monoisotopic (exact) mass is 182 g/mol. The van der Waals surface area contributed by atoms with Gasteiger partial charge < -0.3 is 4.74 Å². The standard InChI is InChI=1S/C10H14O3/c11-8-13-6-4-2-1-3-5-9-7-10(9)12/h7-8H,1-6H2. The molecule has 0 saturated carbocycles. The number of unbranched alkanes of at least 4 members (excludes halogenated alkanes) is 3. The summed E-state index contributed by atoms with van der Waals surface area (Å²) in [4.78, 5) is 20.3. The Bertz CT molecular complexity index is 258.